The predicted molar refractivity (Wildman–Crippen MR) is 96.2 cm³/mol. The van der Waals surface area contributed by atoms with Crippen molar-refractivity contribution >= 4 is 0 Å². The summed E-state index contributed by atoms with van der Waals surface area (Å²) in [6.07, 6.45) is -0.318. The number of halogens is 3. The van der Waals surface area contributed by atoms with Gasteiger partial charge in [-0.05, 0) is 54.2 Å². The molecule has 1 heterocycles. The van der Waals surface area contributed by atoms with Gasteiger partial charge >= 0.3 is 6.18 Å². The summed E-state index contributed by atoms with van der Waals surface area (Å²) in [7, 11) is 0. The minimum absolute atomic E-state index is 0.0989. The van der Waals surface area contributed by atoms with Crippen LogP contribution in [0.15, 0.2) is 43.0 Å². The van der Waals surface area contributed by atoms with Crippen LogP contribution in [0, 0.1) is 20.8 Å². The third-order valence-electron chi connectivity index (χ3n) is 5.58. The Morgan fingerprint density at radius 2 is 1.52 bits per heavy atom. The topological polar surface area (TPSA) is 46.0 Å². The maximum Gasteiger partial charge on any atom is 0.425 e. The summed E-state index contributed by atoms with van der Waals surface area (Å²) in [5.41, 5.74) is 0.753. The van der Waals surface area contributed by atoms with E-state index >= 15 is 0 Å². The lowest BCUT2D eigenvalue weighted by atomic mass is 9.81. The predicted octanol–water partition coefficient (Wildman–Crippen LogP) is 4.85. The fourth-order valence-electron chi connectivity index (χ4n) is 4.11. The second-order valence-electron chi connectivity index (χ2n) is 6.88. The largest absolute Gasteiger partial charge is 0.425 e. The average Bonchev–Trinajstić information content (AvgIpc) is 2.92. The van der Waals surface area contributed by atoms with Gasteiger partial charge in [-0.1, -0.05) is 24.3 Å². The van der Waals surface area contributed by atoms with Gasteiger partial charge in [-0.2, -0.15) is 13.2 Å². The summed E-state index contributed by atoms with van der Waals surface area (Å²) in [6, 6.07) is 6.17. The summed E-state index contributed by atoms with van der Waals surface area (Å²) in [5, 5.41) is 11.0. The molecule has 3 aromatic rings. The lowest BCUT2D eigenvalue weighted by Crippen LogP contribution is -2.42. The Morgan fingerprint density at radius 3 is 2.15 bits per heavy atom. The van der Waals surface area contributed by atoms with Crippen LogP contribution in [0.3, 0.4) is 0 Å². The SMILES string of the molecule is Cc1c(C)c(-c2cncnc2)c2c(c1C)[C@](O)(C(F)(F)F)c1ccccc1-2. The summed E-state index contributed by atoms with van der Waals surface area (Å²) in [6.45, 7) is 5.28. The third kappa shape index (κ3) is 2.19. The van der Waals surface area contributed by atoms with E-state index < -0.39 is 11.8 Å². The van der Waals surface area contributed by atoms with Crippen molar-refractivity contribution in [1.29, 1.82) is 0 Å². The van der Waals surface area contributed by atoms with Gasteiger partial charge < -0.3 is 5.11 Å². The molecule has 0 unspecified atom stereocenters. The number of alkyl halides is 3. The molecule has 1 aromatic heterocycles. The number of hydrogen-bond donors (Lipinski definition) is 1. The molecule has 0 amide bonds. The lowest BCUT2D eigenvalue weighted by Gasteiger charge is -2.31. The highest BCUT2D eigenvalue weighted by molar-refractivity contribution is 5.95. The Hall–Kier alpha value is -2.73. The molecule has 2 aromatic carbocycles. The van der Waals surface area contributed by atoms with Crippen LogP contribution in [0.25, 0.3) is 22.3 Å². The zero-order valence-electron chi connectivity index (χ0n) is 15.0. The van der Waals surface area contributed by atoms with Crippen molar-refractivity contribution in [2.75, 3.05) is 0 Å². The fourth-order valence-corrected chi connectivity index (χ4v) is 4.11. The first-order valence-electron chi connectivity index (χ1n) is 8.48. The Balaban J connectivity index is 2.24. The Kier molecular flexibility index (Phi) is 3.69. The second kappa shape index (κ2) is 5.63. The van der Waals surface area contributed by atoms with Crippen molar-refractivity contribution in [3.8, 4) is 22.3 Å². The molecule has 0 bridgehead atoms. The number of nitrogens with zero attached hydrogens (tertiary/aromatic N) is 2. The van der Waals surface area contributed by atoms with Crippen LogP contribution in [-0.2, 0) is 5.60 Å². The first kappa shape index (κ1) is 17.7. The Labute approximate surface area is 154 Å². The molecule has 3 nitrogen and oxygen atoms in total. The van der Waals surface area contributed by atoms with Gasteiger partial charge in [-0.25, -0.2) is 9.97 Å². The molecule has 27 heavy (non-hydrogen) atoms. The van der Waals surface area contributed by atoms with Gasteiger partial charge in [-0.3, -0.25) is 0 Å². The first-order valence-corrected chi connectivity index (χ1v) is 8.48. The molecule has 4 rings (SSSR count). The number of aromatic nitrogens is 2. The van der Waals surface area contributed by atoms with Gasteiger partial charge in [0.15, 0.2) is 0 Å². The van der Waals surface area contributed by atoms with Crippen LogP contribution < -0.4 is 0 Å². The third-order valence-corrected chi connectivity index (χ3v) is 5.58. The Bertz CT molecular complexity index is 1060. The average molecular weight is 370 g/mol. The number of rotatable bonds is 1. The summed E-state index contributed by atoms with van der Waals surface area (Å²) >= 11 is 0. The molecule has 6 heteroatoms. The van der Waals surface area contributed by atoms with Gasteiger partial charge in [0.25, 0.3) is 0 Å². The molecule has 0 saturated carbocycles. The van der Waals surface area contributed by atoms with Crippen molar-refractivity contribution in [2.45, 2.75) is 32.5 Å². The standard InChI is InChI=1S/C21H17F3N2O/c1-11-12(2)17(14-8-25-10-26-9-14)18-15-6-4-5-7-16(15)20(27,21(22,23)24)19(18)13(11)3/h4-10,27H,1-3H3/t20-/m0/s1. The second-order valence-corrected chi connectivity index (χ2v) is 6.88. The zero-order chi connectivity index (χ0) is 19.6. The molecule has 1 aliphatic rings. The van der Waals surface area contributed by atoms with Crippen LogP contribution in [0.2, 0.25) is 0 Å². The van der Waals surface area contributed by atoms with Crippen molar-refractivity contribution in [2.24, 2.45) is 0 Å². The highest BCUT2D eigenvalue weighted by Gasteiger charge is 2.62. The van der Waals surface area contributed by atoms with Crippen LogP contribution in [0.5, 0.6) is 0 Å². The van der Waals surface area contributed by atoms with E-state index in [-0.39, 0.29) is 11.1 Å². The highest BCUT2D eigenvalue weighted by atomic mass is 19.4. The lowest BCUT2D eigenvalue weighted by molar-refractivity contribution is -0.246. The van der Waals surface area contributed by atoms with Gasteiger partial charge in [0, 0.05) is 29.1 Å². The highest BCUT2D eigenvalue weighted by Crippen LogP contribution is 2.59. The molecule has 0 radical (unpaired) electrons. The van der Waals surface area contributed by atoms with Crippen molar-refractivity contribution in [1.82, 2.24) is 9.97 Å². The minimum Gasteiger partial charge on any atom is -0.372 e. The fraction of sp³-hybridized carbons (Fsp3) is 0.238. The first-order chi connectivity index (χ1) is 12.7. The summed E-state index contributed by atoms with van der Waals surface area (Å²) < 4.78 is 42.5. The normalized spacial score (nSPS) is 18.3. The maximum absolute atomic E-state index is 14.2. The smallest absolute Gasteiger partial charge is 0.372 e. The molecule has 0 spiro atoms. The molecule has 1 aliphatic carbocycles. The van der Waals surface area contributed by atoms with Gasteiger partial charge in [0.1, 0.15) is 6.33 Å². The number of hydrogen-bond acceptors (Lipinski definition) is 3. The molecule has 1 atom stereocenters. The molecule has 1 N–H and O–H groups in total. The quantitative estimate of drug-likeness (QED) is 0.666. The molecule has 138 valence electrons. The van der Waals surface area contributed by atoms with Crippen LogP contribution in [0.1, 0.15) is 27.8 Å². The molecule has 0 aliphatic heterocycles. The summed E-state index contributed by atoms with van der Waals surface area (Å²) in [4.78, 5) is 8.05. The van der Waals surface area contributed by atoms with E-state index in [0.29, 0.717) is 33.4 Å². The van der Waals surface area contributed by atoms with Crippen molar-refractivity contribution in [3.63, 3.8) is 0 Å². The minimum atomic E-state index is -4.86. The van der Waals surface area contributed by atoms with Crippen LogP contribution >= 0.6 is 0 Å². The van der Waals surface area contributed by atoms with Crippen molar-refractivity contribution in [3.05, 3.63) is 70.8 Å². The number of fused-ring (bicyclic) bond motifs is 3. The van der Waals surface area contributed by atoms with Gasteiger partial charge in [0.2, 0.25) is 5.60 Å². The summed E-state index contributed by atoms with van der Waals surface area (Å²) in [5.74, 6) is 0. The zero-order valence-corrected chi connectivity index (χ0v) is 15.0. The van der Waals surface area contributed by atoms with Crippen LogP contribution in [-0.4, -0.2) is 21.3 Å². The number of aliphatic hydroxyl groups is 1. The van der Waals surface area contributed by atoms with E-state index in [4.69, 9.17) is 0 Å². The molecule has 0 fully saturated rings. The van der Waals surface area contributed by atoms with E-state index in [1.165, 1.54) is 18.5 Å². The van der Waals surface area contributed by atoms with Gasteiger partial charge in [-0.15, -0.1) is 0 Å². The Morgan fingerprint density at radius 1 is 0.889 bits per heavy atom. The van der Waals surface area contributed by atoms with Crippen LogP contribution in [0.4, 0.5) is 13.2 Å². The van der Waals surface area contributed by atoms with E-state index in [2.05, 4.69) is 9.97 Å². The molecular weight excluding hydrogens is 353 g/mol. The maximum atomic E-state index is 14.2. The molecule has 0 saturated heterocycles. The van der Waals surface area contributed by atoms with E-state index in [1.807, 2.05) is 6.92 Å². The molecular formula is C21H17F3N2O. The van der Waals surface area contributed by atoms with Crippen molar-refractivity contribution < 1.29 is 18.3 Å². The van der Waals surface area contributed by atoms with Gasteiger partial charge in [0.05, 0.1) is 0 Å². The van der Waals surface area contributed by atoms with E-state index in [9.17, 15) is 18.3 Å². The monoisotopic (exact) mass is 370 g/mol. The number of benzene rings is 2. The van der Waals surface area contributed by atoms with E-state index in [1.54, 1.807) is 38.4 Å². The van der Waals surface area contributed by atoms with E-state index in [0.717, 1.165) is 5.56 Å².